The van der Waals surface area contributed by atoms with Crippen LogP contribution in [-0.2, 0) is 6.61 Å². The largest absolute Gasteiger partial charge is 0.488 e. The Labute approximate surface area is 129 Å². The molecule has 1 aliphatic heterocycles. The number of thiazole rings is 1. The Morgan fingerprint density at radius 2 is 2.33 bits per heavy atom. The van der Waals surface area contributed by atoms with Crippen molar-refractivity contribution in [3.63, 3.8) is 0 Å². The number of rotatable bonds is 4. The summed E-state index contributed by atoms with van der Waals surface area (Å²) in [7, 11) is 1.99. The molecule has 1 unspecified atom stereocenters. The van der Waals surface area contributed by atoms with Gasteiger partial charge in [-0.3, -0.25) is 4.98 Å². The second-order valence-electron chi connectivity index (χ2n) is 5.86. The van der Waals surface area contributed by atoms with Crippen molar-refractivity contribution in [3.05, 3.63) is 40.3 Å². The monoisotopic (exact) mass is 304 g/mol. The molecule has 1 aliphatic rings. The maximum absolute atomic E-state index is 6.10. The average Bonchev–Trinajstić information content (AvgIpc) is 2.96. The van der Waals surface area contributed by atoms with Crippen molar-refractivity contribution >= 4 is 11.3 Å². The normalized spacial score (nSPS) is 19.7. The zero-order valence-corrected chi connectivity index (χ0v) is 13.4. The number of aromatic nitrogens is 1. The van der Waals surface area contributed by atoms with Crippen molar-refractivity contribution in [1.82, 2.24) is 10.3 Å². The molecule has 21 heavy (non-hydrogen) atoms. The van der Waals surface area contributed by atoms with Crippen LogP contribution in [0.5, 0.6) is 11.5 Å². The second-order valence-corrected chi connectivity index (χ2v) is 6.83. The maximum atomic E-state index is 6.10. The number of hydrogen-bond donors (Lipinski definition) is 1. The van der Waals surface area contributed by atoms with Crippen LogP contribution in [0.2, 0.25) is 0 Å². The molecule has 2 aromatic rings. The number of benzene rings is 1. The first-order chi connectivity index (χ1) is 10.1. The summed E-state index contributed by atoms with van der Waals surface area (Å²) < 4.78 is 11.9. The number of hydrogen-bond acceptors (Lipinski definition) is 5. The van der Waals surface area contributed by atoms with Gasteiger partial charge in [-0.1, -0.05) is 6.07 Å². The van der Waals surface area contributed by atoms with Crippen LogP contribution < -0.4 is 14.8 Å². The molecule has 4 nitrogen and oxygen atoms in total. The molecule has 0 saturated carbocycles. The van der Waals surface area contributed by atoms with Gasteiger partial charge < -0.3 is 14.8 Å². The minimum absolute atomic E-state index is 0.170. The van der Waals surface area contributed by atoms with Crippen molar-refractivity contribution in [2.24, 2.45) is 0 Å². The topological polar surface area (TPSA) is 43.4 Å². The van der Waals surface area contributed by atoms with Crippen LogP contribution >= 0.6 is 11.3 Å². The van der Waals surface area contributed by atoms with Gasteiger partial charge in [0, 0.05) is 30.3 Å². The van der Waals surface area contributed by atoms with E-state index in [2.05, 4.69) is 30.2 Å². The number of nitrogens with one attached hydrogen (secondary N) is 1. The lowest BCUT2D eigenvalue weighted by Gasteiger charge is -2.37. The van der Waals surface area contributed by atoms with Crippen LogP contribution in [0.25, 0.3) is 0 Å². The molecule has 3 rings (SSSR count). The van der Waals surface area contributed by atoms with Crippen LogP contribution in [0.4, 0.5) is 0 Å². The highest BCUT2D eigenvalue weighted by molar-refractivity contribution is 7.09. The molecule has 1 aromatic heterocycles. The molecule has 0 spiro atoms. The molecular formula is C16H20N2O2S. The van der Waals surface area contributed by atoms with E-state index in [1.54, 1.807) is 11.3 Å². The zero-order chi connectivity index (χ0) is 14.9. The summed E-state index contributed by atoms with van der Waals surface area (Å²) in [6.07, 6.45) is 2.79. The molecule has 5 heteroatoms. The molecule has 1 N–H and O–H groups in total. The van der Waals surface area contributed by atoms with Gasteiger partial charge in [0.2, 0.25) is 0 Å². The Morgan fingerprint density at radius 1 is 1.48 bits per heavy atom. The maximum Gasteiger partial charge on any atom is 0.128 e. The fourth-order valence-electron chi connectivity index (χ4n) is 2.65. The summed E-state index contributed by atoms with van der Waals surface area (Å²) in [6.45, 7) is 4.78. The Kier molecular flexibility index (Phi) is 3.87. The quantitative estimate of drug-likeness (QED) is 0.938. The summed E-state index contributed by atoms with van der Waals surface area (Å²) in [5.74, 6) is 1.74. The summed E-state index contributed by atoms with van der Waals surface area (Å²) in [4.78, 5) is 5.16. The lowest BCUT2D eigenvalue weighted by atomic mass is 9.90. The Balaban J connectivity index is 1.80. The van der Waals surface area contributed by atoms with E-state index in [1.165, 1.54) is 5.56 Å². The van der Waals surface area contributed by atoms with Crippen molar-refractivity contribution < 1.29 is 9.47 Å². The highest BCUT2D eigenvalue weighted by atomic mass is 32.1. The van der Waals surface area contributed by atoms with Gasteiger partial charge >= 0.3 is 0 Å². The molecule has 112 valence electrons. The van der Waals surface area contributed by atoms with Gasteiger partial charge in [-0.25, -0.2) is 0 Å². The number of ether oxygens (including phenoxy) is 2. The van der Waals surface area contributed by atoms with Crippen LogP contribution in [0.3, 0.4) is 0 Å². The van der Waals surface area contributed by atoms with E-state index in [4.69, 9.17) is 9.47 Å². The fraction of sp³-hybridized carbons (Fsp3) is 0.438. The highest BCUT2D eigenvalue weighted by Crippen LogP contribution is 2.41. The van der Waals surface area contributed by atoms with Gasteiger partial charge in [-0.2, -0.15) is 0 Å². The lowest BCUT2D eigenvalue weighted by Crippen LogP contribution is -2.38. The van der Waals surface area contributed by atoms with Gasteiger partial charge in [-0.15, -0.1) is 11.3 Å². The third-order valence-corrected chi connectivity index (χ3v) is 4.41. The van der Waals surface area contributed by atoms with Gasteiger partial charge in [0.25, 0.3) is 0 Å². The lowest BCUT2D eigenvalue weighted by molar-refractivity contribution is 0.0671. The van der Waals surface area contributed by atoms with Crippen molar-refractivity contribution in [3.8, 4) is 11.5 Å². The first kappa shape index (κ1) is 14.4. The summed E-state index contributed by atoms with van der Waals surface area (Å²) in [6, 6.07) is 6.40. The van der Waals surface area contributed by atoms with E-state index in [1.807, 2.05) is 30.9 Å². The van der Waals surface area contributed by atoms with E-state index in [9.17, 15) is 0 Å². The molecular weight excluding hydrogens is 284 g/mol. The molecule has 1 atom stereocenters. The van der Waals surface area contributed by atoms with Gasteiger partial charge in [-0.05, 0) is 27.0 Å². The average molecular weight is 304 g/mol. The molecule has 1 aromatic carbocycles. The second kappa shape index (κ2) is 5.66. The molecule has 0 bridgehead atoms. The van der Waals surface area contributed by atoms with E-state index in [0.717, 1.165) is 22.8 Å². The molecule has 2 heterocycles. The Hall–Kier alpha value is -1.59. The minimum Gasteiger partial charge on any atom is -0.488 e. The molecule has 0 saturated heterocycles. The molecule has 0 aliphatic carbocycles. The molecule has 0 fully saturated rings. The van der Waals surface area contributed by atoms with E-state index in [0.29, 0.717) is 12.6 Å². The van der Waals surface area contributed by atoms with Gasteiger partial charge in [0.05, 0.1) is 10.4 Å². The summed E-state index contributed by atoms with van der Waals surface area (Å²) in [5.41, 5.74) is 2.84. The summed E-state index contributed by atoms with van der Waals surface area (Å²) >= 11 is 1.60. The third-order valence-electron chi connectivity index (χ3n) is 3.66. The van der Waals surface area contributed by atoms with Crippen molar-refractivity contribution in [2.75, 3.05) is 7.05 Å². The fourth-order valence-corrected chi connectivity index (χ4v) is 3.15. The summed E-state index contributed by atoms with van der Waals surface area (Å²) in [5, 5.41) is 3.36. The third kappa shape index (κ3) is 3.19. The first-order valence-electron chi connectivity index (χ1n) is 7.08. The Morgan fingerprint density at radius 3 is 3.05 bits per heavy atom. The van der Waals surface area contributed by atoms with Crippen LogP contribution in [-0.4, -0.2) is 17.6 Å². The zero-order valence-electron chi connectivity index (χ0n) is 12.6. The van der Waals surface area contributed by atoms with Gasteiger partial charge in [0.1, 0.15) is 23.7 Å². The number of nitrogens with zero attached hydrogens (tertiary/aromatic N) is 1. The predicted molar refractivity (Wildman–Crippen MR) is 84.0 cm³/mol. The van der Waals surface area contributed by atoms with Gasteiger partial charge in [0.15, 0.2) is 0 Å². The van der Waals surface area contributed by atoms with Crippen molar-refractivity contribution in [1.29, 1.82) is 0 Å². The minimum atomic E-state index is -0.170. The van der Waals surface area contributed by atoms with Crippen LogP contribution in [0.1, 0.15) is 36.8 Å². The SMILES string of the molecule is CNC1CC(C)(C)Oc2cc(OCc3cncs3)ccc21. The molecule has 0 amide bonds. The standard InChI is InChI=1S/C16H20N2O2S/c1-16(2)7-14(17-3)13-5-4-11(6-15(13)20-16)19-9-12-8-18-10-21-12/h4-6,8,10,14,17H,7,9H2,1-3H3. The first-order valence-corrected chi connectivity index (χ1v) is 7.96. The Bertz CT molecular complexity index is 611. The predicted octanol–water partition coefficient (Wildman–Crippen LogP) is 3.54. The van der Waals surface area contributed by atoms with Crippen LogP contribution in [0, 0.1) is 0 Å². The number of fused-ring (bicyclic) bond motifs is 1. The van der Waals surface area contributed by atoms with E-state index < -0.39 is 0 Å². The highest BCUT2D eigenvalue weighted by Gasteiger charge is 2.33. The molecule has 0 radical (unpaired) electrons. The van der Waals surface area contributed by atoms with E-state index >= 15 is 0 Å². The van der Waals surface area contributed by atoms with Crippen LogP contribution in [0.15, 0.2) is 29.9 Å². The van der Waals surface area contributed by atoms with E-state index in [-0.39, 0.29) is 5.60 Å². The van der Waals surface area contributed by atoms with Crippen molar-refractivity contribution in [2.45, 2.75) is 38.5 Å². The smallest absolute Gasteiger partial charge is 0.128 e.